The number of nitrogens with one attached hydrogen (secondary N) is 1. The highest BCUT2D eigenvalue weighted by Gasteiger charge is 2.31. The van der Waals surface area contributed by atoms with Crippen molar-refractivity contribution in [3.63, 3.8) is 0 Å². The molecule has 7 heteroatoms. The Balaban J connectivity index is 1.91. The third-order valence-electron chi connectivity index (χ3n) is 4.76. The fraction of sp³-hybridized carbons (Fsp3) is 0.647. The minimum absolute atomic E-state index is 0.0901. The number of thioether (sulfide) groups is 1. The topological polar surface area (TPSA) is 42.0 Å². The van der Waals surface area contributed by atoms with Gasteiger partial charge in [-0.25, -0.2) is 4.98 Å². The number of nitrogens with zero attached hydrogens (tertiary/aromatic N) is 1. The zero-order valence-corrected chi connectivity index (χ0v) is 14.9. The Morgan fingerprint density at radius 1 is 1.33 bits per heavy atom. The molecule has 0 aliphatic heterocycles. The summed E-state index contributed by atoms with van der Waals surface area (Å²) >= 11 is 1.17. The molecule has 1 aromatic rings. The van der Waals surface area contributed by atoms with Crippen LogP contribution in [-0.2, 0) is 11.0 Å². The molecule has 1 fully saturated rings. The molecule has 1 N–H and O–H groups in total. The molecule has 2 rings (SSSR count). The van der Waals surface area contributed by atoms with E-state index in [1.54, 1.807) is 6.92 Å². The average molecular weight is 360 g/mol. The lowest BCUT2D eigenvalue weighted by atomic mass is 9.78. The van der Waals surface area contributed by atoms with Crippen LogP contribution in [0, 0.1) is 11.8 Å². The lowest BCUT2D eigenvalue weighted by molar-refractivity contribution is -0.137. The third-order valence-corrected chi connectivity index (χ3v) is 5.82. The molecule has 4 atom stereocenters. The van der Waals surface area contributed by atoms with E-state index in [9.17, 15) is 18.0 Å². The van der Waals surface area contributed by atoms with Gasteiger partial charge in [0.15, 0.2) is 0 Å². The van der Waals surface area contributed by atoms with E-state index in [1.807, 2.05) is 0 Å². The summed E-state index contributed by atoms with van der Waals surface area (Å²) in [4.78, 5) is 16.2. The predicted octanol–water partition coefficient (Wildman–Crippen LogP) is 4.52. The van der Waals surface area contributed by atoms with E-state index in [1.165, 1.54) is 24.2 Å². The Hall–Kier alpha value is -1.24. The van der Waals surface area contributed by atoms with Crippen molar-refractivity contribution in [3.8, 4) is 0 Å². The van der Waals surface area contributed by atoms with Crippen LogP contribution >= 0.6 is 11.8 Å². The van der Waals surface area contributed by atoms with Gasteiger partial charge >= 0.3 is 6.18 Å². The first kappa shape index (κ1) is 19.1. The van der Waals surface area contributed by atoms with Crippen LogP contribution in [0.1, 0.15) is 45.6 Å². The summed E-state index contributed by atoms with van der Waals surface area (Å²) in [7, 11) is 0. The van der Waals surface area contributed by atoms with E-state index in [-0.39, 0.29) is 11.9 Å². The summed E-state index contributed by atoms with van der Waals surface area (Å²) in [5.74, 6) is 0.931. The van der Waals surface area contributed by atoms with Gasteiger partial charge in [-0.05, 0) is 37.3 Å². The van der Waals surface area contributed by atoms with Crippen LogP contribution in [-0.4, -0.2) is 22.2 Å². The fourth-order valence-corrected chi connectivity index (χ4v) is 3.74. The van der Waals surface area contributed by atoms with Gasteiger partial charge in [0.05, 0.1) is 15.8 Å². The zero-order chi connectivity index (χ0) is 17.9. The van der Waals surface area contributed by atoms with Crippen molar-refractivity contribution in [2.75, 3.05) is 0 Å². The van der Waals surface area contributed by atoms with E-state index < -0.39 is 17.0 Å². The lowest BCUT2D eigenvalue weighted by Crippen LogP contribution is -2.46. The van der Waals surface area contributed by atoms with Gasteiger partial charge < -0.3 is 5.32 Å². The second-order valence-electron chi connectivity index (χ2n) is 6.53. The molecule has 1 amide bonds. The normalized spacial score (nSPS) is 26.0. The first-order valence-corrected chi connectivity index (χ1v) is 9.06. The van der Waals surface area contributed by atoms with E-state index >= 15 is 0 Å². The second-order valence-corrected chi connectivity index (χ2v) is 7.89. The van der Waals surface area contributed by atoms with Crippen LogP contribution in [0.4, 0.5) is 13.2 Å². The smallest absolute Gasteiger partial charge is 0.352 e. The maximum absolute atomic E-state index is 12.5. The average Bonchev–Trinajstić information content (AvgIpc) is 2.51. The molecule has 1 heterocycles. The highest BCUT2D eigenvalue weighted by Crippen LogP contribution is 2.31. The van der Waals surface area contributed by atoms with E-state index in [2.05, 4.69) is 24.1 Å². The van der Waals surface area contributed by atoms with Crippen molar-refractivity contribution in [2.24, 2.45) is 11.8 Å². The summed E-state index contributed by atoms with van der Waals surface area (Å²) in [5.41, 5.74) is -0.783. The molecule has 0 unspecified atom stereocenters. The van der Waals surface area contributed by atoms with Gasteiger partial charge in [0.1, 0.15) is 0 Å². The number of hydrogen-bond donors (Lipinski definition) is 1. The number of rotatable bonds is 4. The molecule has 0 saturated heterocycles. The van der Waals surface area contributed by atoms with E-state index in [4.69, 9.17) is 0 Å². The summed E-state index contributed by atoms with van der Waals surface area (Å²) in [6.45, 7) is 6.10. The summed E-state index contributed by atoms with van der Waals surface area (Å²) in [6, 6.07) is 2.47. The van der Waals surface area contributed by atoms with Gasteiger partial charge in [0, 0.05) is 12.2 Å². The van der Waals surface area contributed by atoms with Gasteiger partial charge in [-0.2, -0.15) is 13.2 Å². The predicted molar refractivity (Wildman–Crippen MR) is 88.7 cm³/mol. The Kier molecular flexibility index (Phi) is 6.17. The van der Waals surface area contributed by atoms with Crippen LogP contribution < -0.4 is 5.32 Å². The molecule has 0 spiro atoms. The maximum Gasteiger partial charge on any atom is 0.417 e. The van der Waals surface area contributed by atoms with E-state index in [0.29, 0.717) is 16.9 Å². The van der Waals surface area contributed by atoms with Crippen LogP contribution in [0.3, 0.4) is 0 Å². The lowest BCUT2D eigenvalue weighted by Gasteiger charge is -2.35. The van der Waals surface area contributed by atoms with Crippen LogP contribution in [0.2, 0.25) is 0 Å². The number of amides is 1. The Bertz CT molecular complexity index is 562. The number of carbonyl (C=O) groups excluding carboxylic acids is 1. The molecule has 1 aliphatic rings. The van der Waals surface area contributed by atoms with Crippen molar-refractivity contribution in [1.82, 2.24) is 10.3 Å². The molecule has 1 aliphatic carbocycles. The number of carbonyl (C=O) groups is 1. The minimum Gasteiger partial charge on any atom is -0.352 e. The van der Waals surface area contributed by atoms with Gasteiger partial charge in [-0.15, -0.1) is 0 Å². The SMILES string of the molecule is C[C@H]1[C@H](C)CCC[C@H]1NC(=O)[C@H](C)Sc1ccc(C(F)(F)F)cn1. The van der Waals surface area contributed by atoms with E-state index in [0.717, 1.165) is 25.1 Å². The van der Waals surface area contributed by atoms with Gasteiger partial charge in [-0.1, -0.05) is 38.5 Å². The van der Waals surface area contributed by atoms with Gasteiger partial charge in [-0.3, -0.25) is 4.79 Å². The number of hydrogen-bond acceptors (Lipinski definition) is 3. The number of alkyl halides is 3. The molecule has 1 aromatic heterocycles. The van der Waals surface area contributed by atoms with Crippen molar-refractivity contribution in [2.45, 2.75) is 62.5 Å². The molecule has 134 valence electrons. The monoisotopic (exact) mass is 360 g/mol. The fourth-order valence-electron chi connectivity index (χ4n) is 2.94. The molecular formula is C17H23F3N2OS. The van der Waals surface area contributed by atoms with Crippen molar-refractivity contribution < 1.29 is 18.0 Å². The zero-order valence-electron chi connectivity index (χ0n) is 14.1. The van der Waals surface area contributed by atoms with Crippen LogP contribution in [0.25, 0.3) is 0 Å². The largest absolute Gasteiger partial charge is 0.417 e. The first-order valence-electron chi connectivity index (χ1n) is 8.18. The molecular weight excluding hydrogens is 337 g/mol. The quantitative estimate of drug-likeness (QED) is 0.803. The number of pyridine rings is 1. The first-order chi connectivity index (χ1) is 11.2. The molecule has 24 heavy (non-hydrogen) atoms. The molecule has 0 bridgehead atoms. The summed E-state index contributed by atoms with van der Waals surface area (Å²) in [6.07, 6.45) is -0.316. The molecule has 3 nitrogen and oxygen atoms in total. The minimum atomic E-state index is -4.40. The number of aromatic nitrogens is 1. The Morgan fingerprint density at radius 3 is 2.62 bits per heavy atom. The standard InChI is InChI=1S/C17H23F3N2OS/c1-10-5-4-6-14(11(10)2)22-16(23)12(3)24-15-8-7-13(9-21-15)17(18,19)20/h7-12,14H,4-6H2,1-3H3,(H,22,23)/t10-,11+,12+,14-/m1/s1. The van der Waals surface area contributed by atoms with Crippen LogP contribution in [0.5, 0.6) is 0 Å². The Labute approximate surface area is 144 Å². The molecule has 1 saturated carbocycles. The molecule has 0 radical (unpaired) electrons. The van der Waals surface area contributed by atoms with Crippen molar-refractivity contribution >= 4 is 17.7 Å². The summed E-state index contributed by atoms with van der Waals surface area (Å²) in [5, 5.41) is 3.10. The molecule has 0 aromatic carbocycles. The van der Waals surface area contributed by atoms with Crippen molar-refractivity contribution in [1.29, 1.82) is 0 Å². The van der Waals surface area contributed by atoms with Gasteiger partial charge in [0.2, 0.25) is 5.91 Å². The van der Waals surface area contributed by atoms with Crippen molar-refractivity contribution in [3.05, 3.63) is 23.9 Å². The number of halogens is 3. The third kappa shape index (κ3) is 4.88. The second kappa shape index (κ2) is 7.76. The highest BCUT2D eigenvalue weighted by atomic mass is 32.2. The summed E-state index contributed by atoms with van der Waals surface area (Å²) < 4.78 is 37.6. The Morgan fingerprint density at radius 2 is 2.04 bits per heavy atom. The highest BCUT2D eigenvalue weighted by molar-refractivity contribution is 8.00. The maximum atomic E-state index is 12.5. The van der Waals surface area contributed by atoms with Crippen LogP contribution in [0.15, 0.2) is 23.4 Å². The van der Waals surface area contributed by atoms with Gasteiger partial charge in [0.25, 0.3) is 0 Å².